The van der Waals surface area contributed by atoms with Gasteiger partial charge >= 0.3 is 5.97 Å². The SMILES string of the molecule is CCC1(C(=O)NCC2(C(=O)O)CC2)CCCNC1. The molecular weight excluding hydrogens is 232 g/mol. The van der Waals surface area contributed by atoms with Gasteiger partial charge in [-0.2, -0.15) is 0 Å². The maximum Gasteiger partial charge on any atom is 0.311 e. The van der Waals surface area contributed by atoms with Crippen molar-refractivity contribution < 1.29 is 14.7 Å². The Balaban J connectivity index is 1.92. The Labute approximate surface area is 107 Å². The van der Waals surface area contributed by atoms with Crippen molar-refractivity contribution in [2.75, 3.05) is 19.6 Å². The second-order valence-electron chi connectivity index (χ2n) is 5.68. The highest BCUT2D eigenvalue weighted by atomic mass is 16.4. The topological polar surface area (TPSA) is 78.4 Å². The van der Waals surface area contributed by atoms with E-state index in [1.165, 1.54) is 0 Å². The monoisotopic (exact) mass is 254 g/mol. The molecule has 0 aromatic rings. The summed E-state index contributed by atoms with van der Waals surface area (Å²) in [6, 6.07) is 0. The van der Waals surface area contributed by atoms with E-state index in [-0.39, 0.29) is 17.9 Å². The molecule has 0 aromatic heterocycles. The minimum Gasteiger partial charge on any atom is -0.481 e. The first-order valence-electron chi connectivity index (χ1n) is 6.77. The molecule has 1 heterocycles. The van der Waals surface area contributed by atoms with E-state index in [1.54, 1.807) is 0 Å². The molecular formula is C13H22N2O3. The third-order valence-electron chi connectivity index (χ3n) is 4.53. The summed E-state index contributed by atoms with van der Waals surface area (Å²) in [5.74, 6) is -0.764. The van der Waals surface area contributed by atoms with E-state index in [9.17, 15) is 9.59 Å². The molecule has 2 rings (SSSR count). The van der Waals surface area contributed by atoms with Crippen LogP contribution < -0.4 is 10.6 Å². The number of carbonyl (C=O) groups excluding carboxylic acids is 1. The Morgan fingerprint density at radius 2 is 2.00 bits per heavy atom. The minimum absolute atomic E-state index is 0.0183. The standard InChI is InChI=1S/C13H22N2O3/c1-2-12(4-3-7-14-8-12)10(16)15-9-13(5-6-13)11(17)18/h14H,2-9H2,1H3,(H,15,16)(H,17,18). The van der Waals surface area contributed by atoms with Gasteiger partial charge < -0.3 is 15.7 Å². The normalized spacial score (nSPS) is 29.6. The van der Waals surface area contributed by atoms with Crippen LogP contribution in [0.15, 0.2) is 0 Å². The van der Waals surface area contributed by atoms with Gasteiger partial charge in [0.25, 0.3) is 0 Å². The molecule has 1 amide bonds. The van der Waals surface area contributed by atoms with Gasteiger partial charge in [0.05, 0.1) is 10.8 Å². The molecule has 0 bridgehead atoms. The van der Waals surface area contributed by atoms with Crippen molar-refractivity contribution in [3.05, 3.63) is 0 Å². The molecule has 0 spiro atoms. The zero-order chi connectivity index (χ0) is 13.2. The van der Waals surface area contributed by atoms with E-state index in [4.69, 9.17) is 5.11 Å². The molecule has 102 valence electrons. The first kappa shape index (κ1) is 13.3. The Morgan fingerprint density at radius 3 is 2.44 bits per heavy atom. The third kappa shape index (κ3) is 2.36. The molecule has 1 atom stereocenters. The molecule has 18 heavy (non-hydrogen) atoms. The fourth-order valence-electron chi connectivity index (χ4n) is 2.68. The predicted molar refractivity (Wildman–Crippen MR) is 67.1 cm³/mol. The number of nitrogens with one attached hydrogen (secondary N) is 2. The van der Waals surface area contributed by atoms with Gasteiger partial charge in [0.1, 0.15) is 0 Å². The Morgan fingerprint density at radius 1 is 1.28 bits per heavy atom. The molecule has 5 heteroatoms. The van der Waals surface area contributed by atoms with E-state index < -0.39 is 11.4 Å². The number of hydrogen-bond acceptors (Lipinski definition) is 3. The molecule has 3 N–H and O–H groups in total. The number of rotatable bonds is 5. The van der Waals surface area contributed by atoms with Gasteiger partial charge in [-0.15, -0.1) is 0 Å². The number of carboxylic acids is 1. The summed E-state index contributed by atoms with van der Waals surface area (Å²) in [4.78, 5) is 23.4. The Bertz CT molecular complexity index is 344. The second-order valence-corrected chi connectivity index (χ2v) is 5.68. The number of carboxylic acid groups (broad SMARTS) is 1. The first-order valence-corrected chi connectivity index (χ1v) is 6.77. The maximum absolute atomic E-state index is 12.3. The third-order valence-corrected chi connectivity index (χ3v) is 4.53. The van der Waals surface area contributed by atoms with Gasteiger partial charge in [-0.3, -0.25) is 9.59 Å². The molecule has 0 radical (unpaired) electrons. The average molecular weight is 254 g/mol. The highest BCUT2D eigenvalue weighted by molar-refractivity contribution is 5.84. The van der Waals surface area contributed by atoms with Crippen LogP contribution >= 0.6 is 0 Å². The highest BCUT2D eigenvalue weighted by Crippen LogP contribution is 2.45. The van der Waals surface area contributed by atoms with Gasteiger partial charge in [0.15, 0.2) is 0 Å². The summed E-state index contributed by atoms with van der Waals surface area (Å²) in [7, 11) is 0. The zero-order valence-electron chi connectivity index (χ0n) is 10.9. The van der Waals surface area contributed by atoms with Crippen LogP contribution in [0.5, 0.6) is 0 Å². The molecule has 5 nitrogen and oxygen atoms in total. The summed E-state index contributed by atoms with van der Waals surface area (Å²) in [6.45, 7) is 3.98. The van der Waals surface area contributed by atoms with Crippen molar-refractivity contribution in [3.8, 4) is 0 Å². The molecule has 0 aromatic carbocycles. The zero-order valence-corrected chi connectivity index (χ0v) is 10.9. The van der Waals surface area contributed by atoms with E-state index in [2.05, 4.69) is 10.6 Å². The van der Waals surface area contributed by atoms with E-state index in [0.717, 1.165) is 25.8 Å². The van der Waals surface area contributed by atoms with Crippen molar-refractivity contribution >= 4 is 11.9 Å². The number of aliphatic carboxylic acids is 1. The lowest BCUT2D eigenvalue weighted by atomic mass is 9.77. The van der Waals surface area contributed by atoms with Crippen molar-refractivity contribution in [2.45, 2.75) is 39.0 Å². The van der Waals surface area contributed by atoms with E-state index in [1.807, 2.05) is 6.92 Å². The lowest BCUT2D eigenvalue weighted by molar-refractivity contribution is -0.143. The Kier molecular flexibility index (Phi) is 3.61. The largest absolute Gasteiger partial charge is 0.481 e. The van der Waals surface area contributed by atoms with Crippen LogP contribution in [-0.2, 0) is 9.59 Å². The summed E-state index contributed by atoms with van der Waals surface area (Å²) < 4.78 is 0. The molecule has 2 aliphatic rings. The van der Waals surface area contributed by atoms with Crippen LogP contribution in [0.25, 0.3) is 0 Å². The van der Waals surface area contributed by atoms with E-state index >= 15 is 0 Å². The molecule has 1 saturated carbocycles. The van der Waals surface area contributed by atoms with Gasteiger partial charge in [-0.1, -0.05) is 6.92 Å². The lowest BCUT2D eigenvalue weighted by Crippen LogP contribution is -2.51. The fourth-order valence-corrected chi connectivity index (χ4v) is 2.68. The van der Waals surface area contributed by atoms with Crippen LogP contribution in [0.2, 0.25) is 0 Å². The molecule has 1 unspecified atom stereocenters. The predicted octanol–water partition coefficient (Wildman–Crippen LogP) is 0.747. The van der Waals surface area contributed by atoms with Gasteiger partial charge in [-0.25, -0.2) is 0 Å². The minimum atomic E-state index is -0.782. The molecule has 1 aliphatic carbocycles. The fraction of sp³-hybridized carbons (Fsp3) is 0.846. The van der Waals surface area contributed by atoms with Crippen LogP contribution in [0.4, 0.5) is 0 Å². The molecule has 1 aliphatic heterocycles. The second kappa shape index (κ2) is 4.88. The van der Waals surface area contributed by atoms with Crippen LogP contribution in [-0.4, -0.2) is 36.6 Å². The van der Waals surface area contributed by atoms with Crippen LogP contribution in [0.3, 0.4) is 0 Å². The van der Waals surface area contributed by atoms with Crippen molar-refractivity contribution in [1.82, 2.24) is 10.6 Å². The quantitative estimate of drug-likeness (QED) is 0.676. The van der Waals surface area contributed by atoms with Crippen molar-refractivity contribution in [2.24, 2.45) is 10.8 Å². The number of amides is 1. The summed E-state index contributed by atoms with van der Waals surface area (Å²) in [5, 5.41) is 15.2. The average Bonchev–Trinajstić information content (AvgIpc) is 3.18. The number of hydrogen-bond donors (Lipinski definition) is 3. The van der Waals surface area contributed by atoms with Crippen molar-refractivity contribution in [3.63, 3.8) is 0 Å². The highest BCUT2D eigenvalue weighted by Gasteiger charge is 2.51. The van der Waals surface area contributed by atoms with Crippen LogP contribution in [0.1, 0.15) is 39.0 Å². The number of carbonyl (C=O) groups is 2. The lowest BCUT2D eigenvalue weighted by Gasteiger charge is -2.35. The first-order chi connectivity index (χ1) is 8.55. The smallest absolute Gasteiger partial charge is 0.311 e. The summed E-state index contributed by atoms with van der Waals surface area (Å²) in [6.07, 6.45) is 4.06. The maximum atomic E-state index is 12.3. The summed E-state index contributed by atoms with van der Waals surface area (Å²) >= 11 is 0. The van der Waals surface area contributed by atoms with Gasteiger partial charge in [-0.05, 0) is 38.6 Å². The number of piperidine rings is 1. The molecule has 1 saturated heterocycles. The Hall–Kier alpha value is -1.10. The molecule has 2 fully saturated rings. The van der Waals surface area contributed by atoms with Gasteiger partial charge in [0.2, 0.25) is 5.91 Å². The van der Waals surface area contributed by atoms with Crippen molar-refractivity contribution in [1.29, 1.82) is 0 Å². The van der Waals surface area contributed by atoms with Gasteiger partial charge in [0, 0.05) is 13.1 Å². The van der Waals surface area contributed by atoms with Crippen LogP contribution in [0, 0.1) is 10.8 Å². The summed E-state index contributed by atoms with van der Waals surface area (Å²) in [5.41, 5.74) is -1.01. The van der Waals surface area contributed by atoms with E-state index in [0.29, 0.717) is 19.4 Å².